The van der Waals surface area contributed by atoms with Gasteiger partial charge in [0.1, 0.15) is 0 Å². The SMILES string of the molecule is CC(C)(C)NCC1(CCSC(F)(F)F)CC2CC2C1. The maximum atomic E-state index is 12.3. The van der Waals surface area contributed by atoms with Crippen LogP contribution in [0.3, 0.4) is 0 Å². The first-order chi connectivity index (χ1) is 8.59. The van der Waals surface area contributed by atoms with Crippen molar-refractivity contribution in [3.63, 3.8) is 0 Å². The highest BCUT2D eigenvalue weighted by Gasteiger charge is 2.53. The van der Waals surface area contributed by atoms with E-state index in [-0.39, 0.29) is 28.5 Å². The van der Waals surface area contributed by atoms with Crippen molar-refractivity contribution >= 4 is 11.8 Å². The Morgan fingerprint density at radius 3 is 2.21 bits per heavy atom. The minimum Gasteiger partial charge on any atom is -0.312 e. The average Bonchev–Trinajstić information content (AvgIpc) is 2.82. The Hall–Kier alpha value is 0.100. The second kappa shape index (κ2) is 5.14. The molecule has 0 aromatic heterocycles. The minimum atomic E-state index is -4.08. The molecule has 0 amide bonds. The maximum Gasteiger partial charge on any atom is 0.441 e. The van der Waals surface area contributed by atoms with Crippen LogP contribution in [0.1, 0.15) is 46.5 Å². The molecule has 1 N–H and O–H groups in total. The minimum absolute atomic E-state index is 0.0386. The van der Waals surface area contributed by atoms with Gasteiger partial charge in [0.05, 0.1) is 0 Å². The molecule has 0 bridgehead atoms. The molecule has 2 aliphatic carbocycles. The van der Waals surface area contributed by atoms with E-state index in [1.54, 1.807) is 0 Å². The van der Waals surface area contributed by atoms with Crippen LogP contribution in [0.15, 0.2) is 0 Å². The van der Waals surface area contributed by atoms with Crippen molar-refractivity contribution in [2.45, 2.75) is 57.5 Å². The molecule has 19 heavy (non-hydrogen) atoms. The maximum absolute atomic E-state index is 12.3. The summed E-state index contributed by atoms with van der Waals surface area (Å²) in [5, 5.41) is 3.50. The number of rotatable bonds is 5. The van der Waals surface area contributed by atoms with Gasteiger partial charge in [-0.25, -0.2) is 0 Å². The lowest BCUT2D eigenvalue weighted by Crippen LogP contribution is -2.43. The number of thioether (sulfide) groups is 1. The number of fused-ring (bicyclic) bond motifs is 1. The highest BCUT2D eigenvalue weighted by molar-refractivity contribution is 8.00. The van der Waals surface area contributed by atoms with Gasteiger partial charge in [0, 0.05) is 17.8 Å². The summed E-state index contributed by atoms with van der Waals surface area (Å²) < 4.78 is 36.8. The van der Waals surface area contributed by atoms with Crippen LogP contribution in [0, 0.1) is 17.3 Å². The van der Waals surface area contributed by atoms with E-state index in [1.165, 1.54) is 6.42 Å². The Balaban J connectivity index is 1.85. The number of nitrogens with one attached hydrogen (secondary N) is 1. The standard InChI is InChI=1S/C14H24F3NS/c1-12(2,3)18-9-13(4-5-19-14(15,16)17)7-10-6-11(10)8-13/h10-11,18H,4-9H2,1-3H3. The van der Waals surface area contributed by atoms with Crippen molar-refractivity contribution in [2.75, 3.05) is 12.3 Å². The van der Waals surface area contributed by atoms with Gasteiger partial charge < -0.3 is 5.32 Å². The number of halogens is 3. The van der Waals surface area contributed by atoms with E-state index >= 15 is 0 Å². The third-order valence-electron chi connectivity index (χ3n) is 4.35. The van der Waals surface area contributed by atoms with E-state index in [2.05, 4.69) is 26.1 Å². The van der Waals surface area contributed by atoms with Gasteiger partial charge in [0.15, 0.2) is 0 Å². The van der Waals surface area contributed by atoms with Gasteiger partial charge in [-0.1, -0.05) is 11.8 Å². The van der Waals surface area contributed by atoms with Crippen LogP contribution in [-0.2, 0) is 0 Å². The monoisotopic (exact) mass is 295 g/mol. The molecule has 0 aliphatic heterocycles. The summed E-state index contributed by atoms with van der Waals surface area (Å²) in [5.41, 5.74) is -3.93. The van der Waals surface area contributed by atoms with E-state index < -0.39 is 5.51 Å². The van der Waals surface area contributed by atoms with Crippen LogP contribution < -0.4 is 5.32 Å². The molecule has 0 aromatic rings. The molecular weight excluding hydrogens is 271 g/mol. The Bertz CT molecular complexity index is 312. The predicted molar refractivity (Wildman–Crippen MR) is 74.1 cm³/mol. The summed E-state index contributed by atoms with van der Waals surface area (Å²) in [4.78, 5) is 0. The third-order valence-corrected chi connectivity index (χ3v) is 5.09. The fourth-order valence-electron chi connectivity index (χ4n) is 3.28. The fourth-order valence-corrected chi connectivity index (χ4v) is 4.05. The van der Waals surface area contributed by atoms with Crippen molar-refractivity contribution in [3.8, 4) is 0 Å². The summed E-state index contributed by atoms with van der Waals surface area (Å²) in [6, 6.07) is 0. The molecule has 0 heterocycles. The Kier molecular flexibility index (Phi) is 4.19. The first-order valence-electron chi connectivity index (χ1n) is 7.04. The first-order valence-corrected chi connectivity index (χ1v) is 8.03. The fraction of sp³-hybridized carbons (Fsp3) is 1.00. The molecule has 2 fully saturated rings. The van der Waals surface area contributed by atoms with E-state index in [9.17, 15) is 13.2 Å². The zero-order valence-electron chi connectivity index (χ0n) is 11.9. The van der Waals surface area contributed by atoms with Crippen molar-refractivity contribution in [1.29, 1.82) is 0 Å². The van der Waals surface area contributed by atoms with Crippen molar-refractivity contribution in [1.82, 2.24) is 5.32 Å². The van der Waals surface area contributed by atoms with E-state index in [0.29, 0.717) is 6.42 Å². The summed E-state index contributed by atoms with van der Waals surface area (Å²) in [6.07, 6.45) is 4.25. The highest BCUT2D eigenvalue weighted by Crippen LogP contribution is 2.61. The molecule has 112 valence electrons. The van der Waals surface area contributed by atoms with E-state index in [0.717, 1.165) is 31.2 Å². The van der Waals surface area contributed by atoms with Crippen LogP contribution in [0.4, 0.5) is 13.2 Å². The molecule has 2 aliphatic rings. The molecule has 1 nitrogen and oxygen atoms in total. The smallest absolute Gasteiger partial charge is 0.312 e. The largest absolute Gasteiger partial charge is 0.441 e. The topological polar surface area (TPSA) is 12.0 Å². The normalized spacial score (nSPS) is 34.4. The predicted octanol–water partition coefficient (Wildman–Crippen LogP) is 4.43. The first kappa shape index (κ1) is 15.5. The molecule has 2 rings (SSSR count). The van der Waals surface area contributed by atoms with Crippen molar-refractivity contribution in [2.24, 2.45) is 17.3 Å². The molecule has 2 saturated carbocycles. The van der Waals surface area contributed by atoms with E-state index in [4.69, 9.17) is 0 Å². The summed E-state index contributed by atoms with van der Waals surface area (Å²) in [7, 11) is 0. The van der Waals surface area contributed by atoms with Gasteiger partial charge in [-0.05, 0) is 63.7 Å². The van der Waals surface area contributed by atoms with Crippen LogP contribution in [-0.4, -0.2) is 23.3 Å². The van der Waals surface area contributed by atoms with Gasteiger partial charge >= 0.3 is 5.51 Å². The lowest BCUT2D eigenvalue weighted by molar-refractivity contribution is -0.0329. The molecule has 2 atom stereocenters. The quantitative estimate of drug-likeness (QED) is 0.805. The van der Waals surface area contributed by atoms with Crippen molar-refractivity contribution in [3.05, 3.63) is 0 Å². The van der Waals surface area contributed by atoms with Crippen LogP contribution in [0.2, 0.25) is 0 Å². The van der Waals surface area contributed by atoms with Gasteiger partial charge in [-0.15, -0.1) is 0 Å². The zero-order chi connectivity index (χ0) is 14.3. The Morgan fingerprint density at radius 2 is 1.74 bits per heavy atom. The number of hydrogen-bond acceptors (Lipinski definition) is 2. The number of hydrogen-bond donors (Lipinski definition) is 1. The van der Waals surface area contributed by atoms with Crippen LogP contribution in [0.25, 0.3) is 0 Å². The summed E-state index contributed by atoms with van der Waals surface area (Å²) in [5.74, 6) is 1.81. The average molecular weight is 295 g/mol. The van der Waals surface area contributed by atoms with Gasteiger partial charge in [-0.3, -0.25) is 0 Å². The molecule has 0 radical (unpaired) electrons. The highest BCUT2D eigenvalue weighted by atomic mass is 32.2. The molecule has 2 unspecified atom stereocenters. The van der Waals surface area contributed by atoms with Crippen molar-refractivity contribution < 1.29 is 13.2 Å². The van der Waals surface area contributed by atoms with Crippen LogP contribution in [0.5, 0.6) is 0 Å². The van der Waals surface area contributed by atoms with Crippen LogP contribution >= 0.6 is 11.8 Å². The molecule has 0 spiro atoms. The lowest BCUT2D eigenvalue weighted by atomic mass is 9.79. The van der Waals surface area contributed by atoms with Gasteiger partial charge in [0.2, 0.25) is 0 Å². The van der Waals surface area contributed by atoms with Gasteiger partial charge in [-0.2, -0.15) is 13.2 Å². The summed E-state index contributed by atoms with van der Waals surface area (Å²) in [6.45, 7) is 7.20. The third kappa shape index (κ3) is 4.85. The lowest BCUT2D eigenvalue weighted by Gasteiger charge is -2.35. The zero-order valence-corrected chi connectivity index (χ0v) is 12.8. The molecule has 0 saturated heterocycles. The Morgan fingerprint density at radius 1 is 1.16 bits per heavy atom. The second-order valence-corrected chi connectivity index (χ2v) is 8.47. The molecular formula is C14H24F3NS. The Labute approximate surface area is 118 Å². The van der Waals surface area contributed by atoms with E-state index in [1.807, 2.05) is 0 Å². The second-order valence-electron chi connectivity index (χ2n) is 7.31. The molecule has 0 aromatic carbocycles. The molecule has 5 heteroatoms. The van der Waals surface area contributed by atoms with Gasteiger partial charge in [0.25, 0.3) is 0 Å². The summed E-state index contributed by atoms with van der Waals surface area (Å²) >= 11 is 0.141. The number of alkyl halides is 3.